The molecular weight excluding hydrogens is 206 g/mol. The smallest absolute Gasteiger partial charge is 0.191 e. The van der Waals surface area contributed by atoms with Crippen LogP contribution in [0.4, 0.5) is 0 Å². The summed E-state index contributed by atoms with van der Waals surface area (Å²) in [6.07, 6.45) is 3.02. The Bertz CT molecular complexity index is 411. The highest BCUT2D eigenvalue weighted by molar-refractivity contribution is 6.06. The molecule has 0 aromatic heterocycles. The van der Waals surface area contributed by atoms with Crippen molar-refractivity contribution in [1.29, 1.82) is 0 Å². The normalized spacial score (nSPS) is 10.4. The van der Waals surface area contributed by atoms with E-state index in [1.54, 1.807) is 17.2 Å². The SMILES string of the molecule is COc1ccc(O)c(C(=O)/C=C/N(C)C)c1. The number of rotatable bonds is 4. The second-order valence-electron chi connectivity index (χ2n) is 3.53. The second-order valence-corrected chi connectivity index (χ2v) is 3.53. The number of carbonyl (C=O) groups is 1. The fraction of sp³-hybridized carbons (Fsp3) is 0.250. The topological polar surface area (TPSA) is 49.8 Å². The zero-order chi connectivity index (χ0) is 12.1. The van der Waals surface area contributed by atoms with E-state index in [-0.39, 0.29) is 17.1 Å². The van der Waals surface area contributed by atoms with Crippen LogP contribution < -0.4 is 4.74 Å². The minimum atomic E-state index is -0.259. The summed E-state index contributed by atoms with van der Waals surface area (Å²) < 4.78 is 4.99. The van der Waals surface area contributed by atoms with Gasteiger partial charge in [-0.1, -0.05) is 0 Å². The second kappa shape index (κ2) is 5.21. The van der Waals surface area contributed by atoms with E-state index < -0.39 is 0 Å². The molecular formula is C12H15NO3. The molecule has 0 fully saturated rings. The number of benzene rings is 1. The van der Waals surface area contributed by atoms with Gasteiger partial charge >= 0.3 is 0 Å². The molecule has 1 rings (SSSR count). The van der Waals surface area contributed by atoms with E-state index in [4.69, 9.17) is 4.74 Å². The Morgan fingerprint density at radius 2 is 2.12 bits per heavy atom. The number of phenols is 1. The first-order valence-corrected chi connectivity index (χ1v) is 4.80. The zero-order valence-corrected chi connectivity index (χ0v) is 9.60. The first-order valence-electron chi connectivity index (χ1n) is 4.80. The first kappa shape index (κ1) is 12.1. The van der Waals surface area contributed by atoms with Crippen molar-refractivity contribution in [3.63, 3.8) is 0 Å². The van der Waals surface area contributed by atoms with Crippen molar-refractivity contribution in [2.75, 3.05) is 21.2 Å². The first-order chi connectivity index (χ1) is 7.54. The van der Waals surface area contributed by atoms with Gasteiger partial charge in [-0.05, 0) is 18.2 Å². The Labute approximate surface area is 94.8 Å². The van der Waals surface area contributed by atoms with E-state index in [1.807, 2.05) is 14.1 Å². The number of allylic oxidation sites excluding steroid dienone is 1. The van der Waals surface area contributed by atoms with Crippen molar-refractivity contribution < 1.29 is 14.6 Å². The van der Waals surface area contributed by atoms with Crippen LogP contribution in [0.5, 0.6) is 11.5 Å². The molecule has 4 nitrogen and oxygen atoms in total. The number of nitrogens with zero attached hydrogens (tertiary/aromatic N) is 1. The van der Waals surface area contributed by atoms with Crippen LogP contribution in [0.15, 0.2) is 30.5 Å². The van der Waals surface area contributed by atoms with Gasteiger partial charge in [0.1, 0.15) is 11.5 Å². The molecule has 0 unspecified atom stereocenters. The maximum absolute atomic E-state index is 11.7. The lowest BCUT2D eigenvalue weighted by Gasteiger charge is -2.05. The third-order valence-corrected chi connectivity index (χ3v) is 1.99. The van der Waals surface area contributed by atoms with Crippen molar-refractivity contribution in [3.05, 3.63) is 36.0 Å². The molecule has 0 aliphatic rings. The number of carbonyl (C=O) groups excluding carboxylic acids is 1. The highest BCUT2D eigenvalue weighted by Crippen LogP contribution is 2.23. The number of phenolic OH excluding ortho intramolecular Hbond substituents is 1. The molecule has 0 aliphatic carbocycles. The molecule has 4 heteroatoms. The number of methoxy groups -OCH3 is 1. The van der Waals surface area contributed by atoms with Crippen molar-refractivity contribution in [2.24, 2.45) is 0 Å². The quantitative estimate of drug-likeness (QED) is 0.620. The molecule has 0 radical (unpaired) electrons. The fourth-order valence-corrected chi connectivity index (χ4v) is 1.15. The highest BCUT2D eigenvalue weighted by Gasteiger charge is 2.09. The maximum atomic E-state index is 11.7. The van der Waals surface area contributed by atoms with Crippen molar-refractivity contribution in [1.82, 2.24) is 4.90 Å². The fourth-order valence-electron chi connectivity index (χ4n) is 1.15. The van der Waals surface area contributed by atoms with E-state index in [0.717, 1.165) is 0 Å². The molecule has 0 atom stereocenters. The monoisotopic (exact) mass is 221 g/mol. The Hall–Kier alpha value is -1.97. The van der Waals surface area contributed by atoms with Crippen LogP contribution in [0.1, 0.15) is 10.4 Å². The van der Waals surface area contributed by atoms with E-state index >= 15 is 0 Å². The molecule has 1 aromatic rings. The van der Waals surface area contributed by atoms with Crippen LogP contribution in [-0.2, 0) is 0 Å². The van der Waals surface area contributed by atoms with Crippen LogP contribution >= 0.6 is 0 Å². The lowest BCUT2D eigenvalue weighted by Crippen LogP contribution is -2.03. The van der Waals surface area contributed by atoms with Gasteiger partial charge in [-0.15, -0.1) is 0 Å². The van der Waals surface area contributed by atoms with Crippen LogP contribution in [0, 0.1) is 0 Å². The number of aromatic hydroxyl groups is 1. The van der Waals surface area contributed by atoms with Crippen molar-refractivity contribution in [3.8, 4) is 11.5 Å². The van der Waals surface area contributed by atoms with E-state index in [9.17, 15) is 9.90 Å². The van der Waals surface area contributed by atoms with Crippen LogP contribution in [0.3, 0.4) is 0 Å². The lowest BCUT2D eigenvalue weighted by molar-refractivity contribution is 0.104. The van der Waals surface area contributed by atoms with Gasteiger partial charge in [0.25, 0.3) is 0 Å². The van der Waals surface area contributed by atoms with Gasteiger partial charge in [-0.3, -0.25) is 4.79 Å². The molecule has 16 heavy (non-hydrogen) atoms. The summed E-state index contributed by atoms with van der Waals surface area (Å²) in [5.41, 5.74) is 0.234. The van der Waals surface area contributed by atoms with Crippen molar-refractivity contribution >= 4 is 5.78 Å². The Kier molecular flexibility index (Phi) is 3.94. The van der Waals surface area contributed by atoms with Gasteiger partial charge < -0.3 is 14.7 Å². The van der Waals surface area contributed by atoms with Gasteiger partial charge in [-0.2, -0.15) is 0 Å². The molecule has 0 saturated carbocycles. The minimum absolute atomic E-state index is 0.0470. The van der Waals surface area contributed by atoms with E-state index in [1.165, 1.54) is 25.3 Å². The van der Waals surface area contributed by atoms with Crippen LogP contribution in [0.2, 0.25) is 0 Å². The zero-order valence-electron chi connectivity index (χ0n) is 9.60. The van der Waals surface area contributed by atoms with Gasteiger partial charge in [0.2, 0.25) is 0 Å². The van der Waals surface area contributed by atoms with Crippen LogP contribution in [-0.4, -0.2) is 37.0 Å². The maximum Gasteiger partial charge on any atom is 0.191 e. The van der Waals surface area contributed by atoms with Gasteiger partial charge in [0, 0.05) is 26.4 Å². The molecule has 0 heterocycles. The Morgan fingerprint density at radius 3 is 2.69 bits per heavy atom. The predicted octanol–water partition coefficient (Wildman–Crippen LogP) is 1.66. The molecule has 86 valence electrons. The van der Waals surface area contributed by atoms with E-state index in [2.05, 4.69) is 0 Å². The summed E-state index contributed by atoms with van der Waals surface area (Å²) in [4.78, 5) is 13.5. The molecule has 1 aromatic carbocycles. The number of ether oxygens (including phenoxy) is 1. The van der Waals surface area contributed by atoms with Crippen molar-refractivity contribution in [2.45, 2.75) is 0 Å². The number of ketones is 1. The lowest BCUT2D eigenvalue weighted by atomic mass is 10.1. The van der Waals surface area contributed by atoms with Gasteiger partial charge in [0.15, 0.2) is 5.78 Å². The Morgan fingerprint density at radius 1 is 1.44 bits per heavy atom. The summed E-state index contributed by atoms with van der Waals surface area (Å²) in [6.45, 7) is 0. The highest BCUT2D eigenvalue weighted by atomic mass is 16.5. The molecule has 1 N–H and O–H groups in total. The van der Waals surface area contributed by atoms with Crippen LogP contribution in [0.25, 0.3) is 0 Å². The largest absolute Gasteiger partial charge is 0.507 e. The summed E-state index contributed by atoms with van der Waals surface area (Å²) in [5, 5.41) is 9.54. The average Bonchev–Trinajstić information content (AvgIpc) is 2.26. The van der Waals surface area contributed by atoms with Gasteiger partial charge in [0.05, 0.1) is 12.7 Å². The minimum Gasteiger partial charge on any atom is -0.507 e. The Balaban J connectivity index is 2.98. The van der Waals surface area contributed by atoms with E-state index in [0.29, 0.717) is 5.75 Å². The number of hydrogen-bond donors (Lipinski definition) is 1. The summed E-state index contributed by atoms with van der Waals surface area (Å²) in [6, 6.07) is 4.55. The molecule has 0 bridgehead atoms. The average molecular weight is 221 g/mol. The predicted molar refractivity (Wildman–Crippen MR) is 61.8 cm³/mol. The summed E-state index contributed by atoms with van der Waals surface area (Å²) >= 11 is 0. The molecule has 0 spiro atoms. The molecule has 0 amide bonds. The number of hydrogen-bond acceptors (Lipinski definition) is 4. The van der Waals surface area contributed by atoms with Gasteiger partial charge in [-0.25, -0.2) is 0 Å². The molecule has 0 aliphatic heterocycles. The summed E-state index contributed by atoms with van der Waals surface area (Å²) in [5.74, 6) is 0.235. The standard InChI is InChI=1S/C12H15NO3/c1-13(2)7-6-12(15)10-8-9(16-3)4-5-11(10)14/h4-8,14H,1-3H3/b7-6+. The third-order valence-electron chi connectivity index (χ3n) is 1.99. The summed E-state index contributed by atoms with van der Waals surface area (Å²) in [7, 11) is 5.14. The molecule has 0 saturated heterocycles. The third kappa shape index (κ3) is 3.02.